The van der Waals surface area contributed by atoms with Gasteiger partial charge in [0.05, 0.1) is 0 Å². The van der Waals surface area contributed by atoms with Crippen LogP contribution in [0, 0.1) is 5.92 Å². The molecule has 0 aliphatic heterocycles. The third-order valence-electron chi connectivity index (χ3n) is 1.32. The van der Waals surface area contributed by atoms with Crippen molar-refractivity contribution in [3.63, 3.8) is 0 Å². The Morgan fingerprint density at radius 3 is 1.91 bits per heavy atom. The molecule has 1 nitrogen and oxygen atoms in total. The van der Waals surface area contributed by atoms with Crippen molar-refractivity contribution in [3.8, 4) is 0 Å². The zero-order chi connectivity index (χ0) is 9.07. The van der Waals surface area contributed by atoms with E-state index in [1.54, 1.807) is 0 Å². The van der Waals surface area contributed by atoms with Crippen LogP contribution in [0.25, 0.3) is 0 Å². The molecule has 4 heteroatoms. The molecule has 0 aromatic heterocycles. The summed E-state index contributed by atoms with van der Waals surface area (Å²) in [5.41, 5.74) is 0. The van der Waals surface area contributed by atoms with Gasteiger partial charge in [-0.15, -0.1) is 0 Å². The normalized spacial score (nSPS) is 15.5. The van der Waals surface area contributed by atoms with E-state index >= 15 is 0 Å². The van der Waals surface area contributed by atoms with Gasteiger partial charge >= 0.3 is 6.18 Å². The van der Waals surface area contributed by atoms with Gasteiger partial charge in [-0.05, 0) is 19.4 Å². The van der Waals surface area contributed by atoms with Crippen molar-refractivity contribution in [3.05, 3.63) is 0 Å². The number of nitrogens with one attached hydrogen (secondary N) is 1. The summed E-state index contributed by atoms with van der Waals surface area (Å²) in [4.78, 5) is 0. The topological polar surface area (TPSA) is 12.0 Å². The summed E-state index contributed by atoms with van der Waals surface area (Å²) in [6, 6.07) is -1.40. The highest BCUT2D eigenvalue weighted by Gasteiger charge is 2.35. The van der Waals surface area contributed by atoms with E-state index in [1.807, 2.05) is 13.8 Å². The lowest BCUT2D eigenvalue weighted by Gasteiger charge is -2.18. The Balaban J connectivity index is 3.61. The summed E-state index contributed by atoms with van der Waals surface area (Å²) >= 11 is 0. The smallest absolute Gasteiger partial charge is 0.306 e. The van der Waals surface area contributed by atoms with Gasteiger partial charge in [-0.1, -0.05) is 13.8 Å². The predicted molar refractivity (Wildman–Crippen MR) is 38.4 cm³/mol. The second-order valence-corrected chi connectivity index (χ2v) is 3.07. The van der Waals surface area contributed by atoms with Crippen molar-refractivity contribution in [2.24, 2.45) is 5.92 Å². The molecule has 11 heavy (non-hydrogen) atoms. The largest absolute Gasteiger partial charge is 0.403 e. The van der Waals surface area contributed by atoms with Gasteiger partial charge in [0.1, 0.15) is 6.04 Å². The number of halogens is 3. The first kappa shape index (κ1) is 10.8. The van der Waals surface area contributed by atoms with Crippen molar-refractivity contribution in [2.45, 2.75) is 33.0 Å². The van der Waals surface area contributed by atoms with Crippen LogP contribution in [-0.2, 0) is 0 Å². The molecule has 0 radical (unpaired) electrons. The zero-order valence-corrected chi connectivity index (χ0v) is 7.00. The Kier molecular flexibility index (Phi) is 3.86. The fraction of sp³-hybridized carbons (Fsp3) is 1.00. The van der Waals surface area contributed by atoms with Crippen molar-refractivity contribution < 1.29 is 13.2 Å². The molecular weight excluding hydrogens is 155 g/mol. The molecule has 0 bridgehead atoms. The van der Waals surface area contributed by atoms with Crippen molar-refractivity contribution >= 4 is 0 Å². The lowest BCUT2D eigenvalue weighted by Crippen LogP contribution is -2.41. The van der Waals surface area contributed by atoms with Crippen LogP contribution in [0.5, 0.6) is 0 Å². The molecule has 0 spiro atoms. The van der Waals surface area contributed by atoms with Gasteiger partial charge in [0.25, 0.3) is 0 Å². The van der Waals surface area contributed by atoms with E-state index in [1.165, 1.54) is 0 Å². The number of rotatable bonds is 3. The molecule has 0 aromatic rings. The Bertz CT molecular complexity index is 109. The maximum absolute atomic E-state index is 11.8. The Labute approximate surface area is 65.0 Å². The van der Waals surface area contributed by atoms with Crippen LogP contribution in [0.15, 0.2) is 0 Å². The maximum Gasteiger partial charge on any atom is 0.403 e. The van der Waals surface area contributed by atoms with Gasteiger partial charge in [0.2, 0.25) is 0 Å². The van der Waals surface area contributed by atoms with Gasteiger partial charge in [-0.3, -0.25) is 0 Å². The molecule has 68 valence electrons. The van der Waals surface area contributed by atoms with E-state index in [9.17, 15) is 13.2 Å². The van der Waals surface area contributed by atoms with E-state index in [2.05, 4.69) is 5.32 Å². The lowest BCUT2D eigenvalue weighted by atomic mass is 10.2. The van der Waals surface area contributed by atoms with E-state index in [0.717, 1.165) is 6.92 Å². The quantitative estimate of drug-likeness (QED) is 0.682. The monoisotopic (exact) mass is 169 g/mol. The Morgan fingerprint density at radius 2 is 1.64 bits per heavy atom. The van der Waals surface area contributed by atoms with E-state index in [-0.39, 0.29) is 5.92 Å². The van der Waals surface area contributed by atoms with Gasteiger partial charge < -0.3 is 5.32 Å². The van der Waals surface area contributed by atoms with Crippen molar-refractivity contribution in [2.75, 3.05) is 6.54 Å². The number of hydrogen-bond donors (Lipinski definition) is 1. The van der Waals surface area contributed by atoms with Crippen molar-refractivity contribution in [1.82, 2.24) is 5.32 Å². The van der Waals surface area contributed by atoms with Crippen LogP contribution in [0.2, 0.25) is 0 Å². The fourth-order valence-corrected chi connectivity index (χ4v) is 0.528. The molecule has 0 aliphatic carbocycles. The summed E-state index contributed by atoms with van der Waals surface area (Å²) in [7, 11) is 0. The molecule has 0 heterocycles. The lowest BCUT2D eigenvalue weighted by molar-refractivity contribution is -0.151. The average Bonchev–Trinajstić information content (AvgIpc) is 1.80. The molecule has 0 aromatic carbocycles. The minimum Gasteiger partial charge on any atom is -0.306 e. The maximum atomic E-state index is 11.8. The highest BCUT2D eigenvalue weighted by molar-refractivity contribution is 4.69. The number of hydrogen-bond acceptors (Lipinski definition) is 1. The second-order valence-electron chi connectivity index (χ2n) is 3.07. The van der Waals surface area contributed by atoms with Crippen LogP contribution < -0.4 is 5.32 Å². The second kappa shape index (κ2) is 3.95. The van der Waals surface area contributed by atoms with E-state index < -0.39 is 12.2 Å². The third-order valence-corrected chi connectivity index (χ3v) is 1.32. The first-order chi connectivity index (χ1) is 4.84. The molecular formula is C7H14F3N. The fourth-order valence-electron chi connectivity index (χ4n) is 0.528. The zero-order valence-electron chi connectivity index (χ0n) is 7.00. The molecule has 0 fully saturated rings. The molecule has 0 aliphatic rings. The molecule has 1 N–H and O–H groups in total. The van der Waals surface area contributed by atoms with Gasteiger partial charge in [0.15, 0.2) is 0 Å². The summed E-state index contributed by atoms with van der Waals surface area (Å²) in [6.07, 6.45) is -4.12. The molecule has 0 saturated carbocycles. The first-order valence-corrected chi connectivity index (χ1v) is 3.64. The third kappa shape index (κ3) is 5.07. The van der Waals surface area contributed by atoms with Crippen LogP contribution in [0.1, 0.15) is 20.8 Å². The Morgan fingerprint density at radius 1 is 1.18 bits per heavy atom. The minimum absolute atomic E-state index is 0.250. The summed E-state index contributed by atoms with van der Waals surface area (Å²) < 4.78 is 35.5. The minimum atomic E-state index is -4.12. The van der Waals surface area contributed by atoms with Crippen LogP contribution in [-0.4, -0.2) is 18.8 Å². The standard InChI is InChI=1S/C7H14F3N/c1-5(2)4-11-6(3)7(8,9)10/h5-6,11H,4H2,1-3H3. The molecule has 0 amide bonds. The van der Waals surface area contributed by atoms with Crippen LogP contribution in [0.4, 0.5) is 13.2 Å². The molecule has 1 atom stereocenters. The average molecular weight is 169 g/mol. The van der Waals surface area contributed by atoms with Crippen LogP contribution in [0.3, 0.4) is 0 Å². The van der Waals surface area contributed by atoms with Gasteiger partial charge in [-0.2, -0.15) is 13.2 Å². The van der Waals surface area contributed by atoms with E-state index in [0.29, 0.717) is 6.54 Å². The summed E-state index contributed by atoms with van der Waals surface area (Å²) in [5.74, 6) is 0.250. The summed E-state index contributed by atoms with van der Waals surface area (Å²) in [5, 5.41) is 2.40. The predicted octanol–water partition coefficient (Wildman–Crippen LogP) is 2.18. The molecule has 1 unspecified atom stereocenters. The summed E-state index contributed by atoms with van der Waals surface area (Å²) in [6.45, 7) is 5.27. The number of alkyl halides is 3. The van der Waals surface area contributed by atoms with Crippen LogP contribution >= 0.6 is 0 Å². The van der Waals surface area contributed by atoms with Crippen molar-refractivity contribution in [1.29, 1.82) is 0 Å². The first-order valence-electron chi connectivity index (χ1n) is 3.64. The van der Waals surface area contributed by atoms with Gasteiger partial charge in [0, 0.05) is 0 Å². The Hall–Kier alpha value is -0.250. The molecule has 0 saturated heterocycles. The van der Waals surface area contributed by atoms with Gasteiger partial charge in [-0.25, -0.2) is 0 Å². The highest BCUT2D eigenvalue weighted by Crippen LogP contribution is 2.19. The van der Waals surface area contributed by atoms with E-state index in [4.69, 9.17) is 0 Å². The SMILES string of the molecule is CC(C)CNC(C)C(F)(F)F. The molecule has 0 rings (SSSR count). The highest BCUT2D eigenvalue weighted by atomic mass is 19.4.